The van der Waals surface area contributed by atoms with Crippen LogP contribution < -0.4 is 0 Å². The van der Waals surface area contributed by atoms with E-state index in [1.165, 1.54) is 10.5 Å². The molecule has 1 aromatic rings. The molecule has 0 bridgehead atoms. The number of thiophene rings is 1. The maximum absolute atomic E-state index is 6.91. The number of hydrogen-bond acceptors (Lipinski definition) is 2. The SMILES string of the molecule is C=C1C=C2C(=CC1)CCN(Cl)C2(Cl)Cc1cccs1.Cl. The van der Waals surface area contributed by atoms with Crippen LogP contribution in [0.2, 0.25) is 0 Å². The largest absolute Gasteiger partial charge is 0.195 e. The summed E-state index contributed by atoms with van der Waals surface area (Å²) in [5.74, 6) is 0. The highest BCUT2D eigenvalue weighted by Crippen LogP contribution is 2.46. The molecule has 1 aliphatic carbocycles. The molecule has 20 heavy (non-hydrogen) atoms. The van der Waals surface area contributed by atoms with Gasteiger partial charge in [0.15, 0.2) is 0 Å². The zero-order valence-corrected chi connectivity index (χ0v) is 14.1. The van der Waals surface area contributed by atoms with E-state index in [9.17, 15) is 0 Å². The minimum Gasteiger partial charge on any atom is -0.195 e. The van der Waals surface area contributed by atoms with Crippen LogP contribution in [0.5, 0.6) is 0 Å². The Hall–Kier alpha value is -0.250. The summed E-state index contributed by atoms with van der Waals surface area (Å²) in [6.45, 7) is 4.84. The van der Waals surface area contributed by atoms with Crippen LogP contribution in [0.15, 0.2) is 53.0 Å². The van der Waals surface area contributed by atoms with Gasteiger partial charge < -0.3 is 0 Å². The Morgan fingerprint density at radius 1 is 1.45 bits per heavy atom. The van der Waals surface area contributed by atoms with Crippen molar-refractivity contribution < 1.29 is 0 Å². The van der Waals surface area contributed by atoms with Crippen LogP contribution in [0.25, 0.3) is 0 Å². The Balaban J connectivity index is 0.00000147. The first kappa shape index (κ1) is 16.1. The van der Waals surface area contributed by atoms with Gasteiger partial charge >= 0.3 is 0 Å². The van der Waals surface area contributed by atoms with Crippen molar-refractivity contribution in [3.05, 3.63) is 57.8 Å². The van der Waals surface area contributed by atoms with Crippen LogP contribution in [-0.4, -0.2) is 16.0 Å². The van der Waals surface area contributed by atoms with Crippen molar-refractivity contribution in [3.8, 4) is 0 Å². The first-order valence-corrected chi connectivity index (χ1v) is 7.93. The van der Waals surface area contributed by atoms with Crippen LogP contribution in [0.4, 0.5) is 0 Å². The minimum absolute atomic E-state index is 0. The quantitative estimate of drug-likeness (QED) is 0.397. The molecule has 1 saturated heterocycles. The number of fused-ring (bicyclic) bond motifs is 1. The summed E-state index contributed by atoms with van der Waals surface area (Å²) in [5, 5.41) is 2.07. The van der Waals surface area contributed by atoms with E-state index in [2.05, 4.69) is 30.2 Å². The number of alkyl halides is 1. The third-order valence-electron chi connectivity index (χ3n) is 3.67. The average Bonchev–Trinajstić information content (AvgIpc) is 2.88. The summed E-state index contributed by atoms with van der Waals surface area (Å²) in [7, 11) is 0. The van der Waals surface area contributed by atoms with Gasteiger partial charge in [-0.05, 0) is 47.2 Å². The molecule has 0 radical (unpaired) electrons. The van der Waals surface area contributed by atoms with Crippen molar-refractivity contribution in [2.24, 2.45) is 0 Å². The molecule has 0 saturated carbocycles. The summed E-state index contributed by atoms with van der Waals surface area (Å²) in [6, 6.07) is 4.16. The number of rotatable bonds is 2. The normalized spacial score (nSPS) is 26.4. The summed E-state index contributed by atoms with van der Waals surface area (Å²) in [6.07, 6.45) is 6.97. The van der Waals surface area contributed by atoms with Crippen molar-refractivity contribution in [2.45, 2.75) is 24.3 Å². The highest BCUT2D eigenvalue weighted by atomic mass is 35.5. The van der Waals surface area contributed by atoms with E-state index >= 15 is 0 Å². The fourth-order valence-electron chi connectivity index (χ4n) is 2.66. The zero-order chi connectivity index (χ0) is 13.5. The lowest BCUT2D eigenvalue weighted by Crippen LogP contribution is -2.46. The molecule has 0 spiro atoms. The van der Waals surface area contributed by atoms with E-state index in [1.807, 2.05) is 6.07 Å². The molecule has 1 nitrogen and oxygen atoms in total. The first-order chi connectivity index (χ1) is 9.09. The fraction of sp³-hybridized carbons (Fsp3) is 0.333. The highest BCUT2D eigenvalue weighted by molar-refractivity contribution is 7.09. The maximum atomic E-state index is 6.91. The third kappa shape index (κ3) is 2.86. The summed E-state index contributed by atoms with van der Waals surface area (Å²) < 4.78 is 1.75. The molecular weight excluding hydrogens is 333 g/mol. The predicted octanol–water partition coefficient (Wildman–Crippen LogP) is 5.32. The standard InChI is InChI=1S/C15H15Cl2NS.ClH/c1-11-4-5-12-6-7-18(17)15(16,14(12)9-11)10-13-3-2-8-19-13;/h2-3,5,8-9H,1,4,6-7,10H2;1H. The lowest BCUT2D eigenvalue weighted by atomic mass is 9.83. The van der Waals surface area contributed by atoms with E-state index in [0.29, 0.717) is 0 Å². The van der Waals surface area contributed by atoms with Gasteiger partial charge in [0.1, 0.15) is 5.00 Å². The number of allylic oxidation sites excluding steroid dienone is 3. The highest BCUT2D eigenvalue weighted by Gasteiger charge is 2.43. The van der Waals surface area contributed by atoms with Gasteiger partial charge in [-0.3, -0.25) is 0 Å². The molecule has 1 atom stereocenters. The first-order valence-electron chi connectivity index (χ1n) is 6.34. The van der Waals surface area contributed by atoms with Crippen molar-refractivity contribution in [3.63, 3.8) is 0 Å². The lowest BCUT2D eigenvalue weighted by Gasteiger charge is -2.42. The zero-order valence-electron chi connectivity index (χ0n) is 10.9. The third-order valence-corrected chi connectivity index (χ3v) is 5.63. The molecule has 0 aromatic carbocycles. The molecular formula is C15H16Cl3NS. The molecule has 2 aliphatic rings. The number of piperidine rings is 1. The van der Waals surface area contributed by atoms with E-state index in [4.69, 9.17) is 23.4 Å². The van der Waals surface area contributed by atoms with Crippen LogP contribution in [0, 0.1) is 0 Å². The monoisotopic (exact) mass is 347 g/mol. The number of halogens is 3. The van der Waals surface area contributed by atoms with Crippen molar-refractivity contribution in [2.75, 3.05) is 6.54 Å². The van der Waals surface area contributed by atoms with Gasteiger partial charge in [0.2, 0.25) is 0 Å². The van der Waals surface area contributed by atoms with E-state index in [1.54, 1.807) is 15.8 Å². The van der Waals surface area contributed by atoms with Crippen LogP contribution in [0.3, 0.4) is 0 Å². The molecule has 1 unspecified atom stereocenters. The van der Waals surface area contributed by atoms with Crippen molar-refractivity contribution in [1.29, 1.82) is 0 Å². The Morgan fingerprint density at radius 2 is 2.25 bits per heavy atom. The Morgan fingerprint density at radius 3 is 2.95 bits per heavy atom. The molecule has 2 heterocycles. The van der Waals surface area contributed by atoms with Crippen LogP contribution >= 0.6 is 47.1 Å². The van der Waals surface area contributed by atoms with Crippen molar-refractivity contribution >= 4 is 47.1 Å². The van der Waals surface area contributed by atoms with Gasteiger partial charge in [0, 0.05) is 17.8 Å². The van der Waals surface area contributed by atoms with Gasteiger partial charge in [-0.2, -0.15) is 4.42 Å². The van der Waals surface area contributed by atoms with Gasteiger partial charge in [-0.15, -0.1) is 23.7 Å². The van der Waals surface area contributed by atoms with E-state index < -0.39 is 5.00 Å². The summed E-state index contributed by atoms with van der Waals surface area (Å²) in [4.78, 5) is 0.596. The second-order valence-electron chi connectivity index (χ2n) is 5.00. The van der Waals surface area contributed by atoms with E-state index in [0.717, 1.165) is 37.0 Å². The molecule has 3 rings (SSSR count). The maximum Gasteiger partial charge on any atom is 0.140 e. The molecule has 0 N–H and O–H groups in total. The molecule has 1 aromatic heterocycles. The molecule has 1 fully saturated rings. The van der Waals surface area contributed by atoms with Crippen LogP contribution in [-0.2, 0) is 6.42 Å². The molecule has 0 amide bonds. The molecule has 108 valence electrons. The van der Waals surface area contributed by atoms with Gasteiger partial charge in [-0.25, -0.2) is 0 Å². The number of hydrogen-bond donors (Lipinski definition) is 0. The predicted molar refractivity (Wildman–Crippen MR) is 91.0 cm³/mol. The van der Waals surface area contributed by atoms with Gasteiger partial charge in [-0.1, -0.05) is 42.0 Å². The summed E-state index contributed by atoms with van der Waals surface area (Å²) in [5.41, 5.74) is 3.55. The Bertz CT molecular complexity index is 562. The van der Waals surface area contributed by atoms with Gasteiger partial charge in [0.25, 0.3) is 0 Å². The Kier molecular flexibility index (Phi) is 5.04. The smallest absolute Gasteiger partial charge is 0.140 e. The van der Waals surface area contributed by atoms with Crippen molar-refractivity contribution in [1.82, 2.24) is 4.42 Å². The lowest BCUT2D eigenvalue weighted by molar-refractivity contribution is 0.312. The summed E-state index contributed by atoms with van der Waals surface area (Å²) >= 11 is 15.0. The Labute approximate surface area is 140 Å². The topological polar surface area (TPSA) is 3.24 Å². The second-order valence-corrected chi connectivity index (χ2v) is 7.07. The number of nitrogens with zero attached hydrogens (tertiary/aromatic N) is 1. The molecule has 1 aliphatic heterocycles. The van der Waals surface area contributed by atoms with E-state index in [-0.39, 0.29) is 12.4 Å². The van der Waals surface area contributed by atoms with Crippen LogP contribution in [0.1, 0.15) is 17.7 Å². The van der Waals surface area contributed by atoms with Gasteiger partial charge in [0.05, 0.1) is 0 Å². The minimum atomic E-state index is -0.653. The fourth-order valence-corrected chi connectivity index (χ4v) is 4.17. The average molecular weight is 349 g/mol. The molecule has 5 heteroatoms. The second kappa shape index (κ2) is 6.25.